The van der Waals surface area contributed by atoms with Crippen molar-refractivity contribution in [2.24, 2.45) is 7.05 Å². The molecule has 4 aromatic rings. The molecule has 4 rings (SSSR count). The van der Waals surface area contributed by atoms with Crippen LogP contribution in [-0.4, -0.2) is 40.8 Å². The van der Waals surface area contributed by atoms with Crippen LogP contribution in [0.5, 0.6) is 0 Å². The number of amides is 1. The molecule has 4 N–H and O–H groups in total. The highest BCUT2D eigenvalue weighted by molar-refractivity contribution is 7.99. The van der Waals surface area contributed by atoms with Crippen LogP contribution in [0.4, 0.5) is 16.2 Å². The van der Waals surface area contributed by atoms with E-state index in [-0.39, 0.29) is 17.5 Å². The number of nitrogens with one attached hydrogen (secondary N) is 2. The molecule has 0 spiro atoms. The van der Waals surface area contributed by atoms with Gasteiger partial charge in [0.05, 0.1) is 6.20 Å². The van der Waals surface area contributed by atoms with Crippen LogP contribution in [0.3, 0.4) is 0 Å². The minimum Gasteiger partial charge on any atom is -0.368 e. The van der Waals surface area contributed by atoms with Crippen LogP contribution < -0.4 is 11.1 Å². The molecule has 0 aliphatic rings. The highest BCUT2D eigenvalue weighted by atomic mass is 32.2. The van der Waals surface area contributed by atoms with Crippen LogP contribution >= 0.6 is 23.5 Å². The van der Waals surface area contributed by atoms with Crippen molar-refractivity contribution in [1.82, 2.24) is 34.9 Å². The zero-order valence-corrected chi connectivity index (χ0v) is 17.0. The Bertz CT molecular complexity index is 1190. The van der Waals surface area contributed by atoms with Crippen LogP contribution in [0.2, 0.25) is 0 Å². The van der Waals surface area contributed by atoms with Crippen molar-refractivity contribution in [1.29, 1.82) is 0 Å². The summed E-state index contributed by atoms with van der Waals surface area (Å²) in [5.74, 6) is -0.289. The molecule has 1 amide bonds. The molecule has 0 radical (unpaired) electrons. The lowest BCUT2D eigenvalue weighted by atomic mass is 10.3. The maximum Gasteiger partial charge on any atom is 0.278 e. The Labute approximate surface area is 177 Å². The summed E-state index contributed by atoms with van der Waals surface area (Å²) in [6.07, 6.45) is 3.20. The van der Waals surface area contributed by atoms with Gasteiger partial charge in [-0.1, -0.05) is 11.8 Å². The van der Waals surface area contributed by atoms with E-state index in [1.807, 2.05) is 0 Å². The first-order chi connectivity index (χ1) is 14.5. The predicted molar refractivity (Wildman–Crippen MR) is 109 cm³/mol. The lowest BCUT2D eigenvalue weighted by Gasteiger charge is -2.09. The third-order valence-corrected chi connectivity index (χ3v) is 5.36. The molecule has 0 aliphatic heterocycles. The summed E-state index contributed by atoms with van der Waals surface area (Å²) in [7, 11) is 1.74. The third-order valence-electron chi connectivity index (χ3n) is 3.59. The van der Waals surface area contributed by atoms with E-state index in [2.05, 4.69) is 35.6 Å². The van der Waals surface area contributed by atoms with Gasteiger partial charge in [0.2, 0.25) is 11.1 Å². The van der Waals surface area contributed by atoms with Gasteiger partial charge >= 0.3 is 0 Å². The Balaban J connectivity index is 1.64. The summed E-state index contributed by atoms with van der Waals surface area (Å²) in [6.45, 7) is 0. The fraction of sp³-hybridized carbons (Fsp3) is 0.0588. The molecule has 3 heterocycles. The van der Waals surface area contributed by atoms with Crippen LogP contribution in [-0.2, 0) is 7.05 Å². The van der Waals surface area contributed by atoms with Gasteiger partial charge in [0, 0.05) is 24.2 Å². The van der Waals surface area contributed by atoms with E-state index in [1.165, 1.54) is 30.1 Å². The smallest absolute Gasteiger partial charge is 0.278 e. The second-order valence-corrected chi connectivity index (χ2v) is 7.90. The third kappa shape index (κ3) is 4.75. The predicted octanol–water partition coefficient (Wildman–Crippen LogP) is 2.60. The van der Waals surface area contributed by atoms with Gasteiger partial charge in [-0.2, -0.15) is 10.1 Å². The van der Waals surface area contributed by atoms with Crippen LogP contribution in [0.25, 0.3) is 0 Å². The molecule has 0 aliphatic carbocycles. The van der Waals surface area contributed by atoms with Crippen molar-refractivity contribution in [2.45, 2.75) is 20.1 Å². The Morgan fingerprint density at radius 3 is 2.67 bits per heavy atom. The molecule has 152 valence electrons. The van der Waals surface area contributed by atoms with Crippen molar-refractivity contribution in [2.75, 3.05) is 11.1 Å². The molecule has 13 heteroatoms. The van der Waals surface area contributed by atoms with Crippen molar-refractivity contribution in [3.05, 3.63) is 54.2 Å². The summed E-state index contributed by atoms with van der Waals surface area (Å²) in [4.78, 5) is 26.4. The lowest BCUT2D eigenvalue weighted by Crippen LogP contribution is -2.16. The molecule has 0 fully saturated rings. The first-order valence-corrected chi connectivity index (χ1v) is 10.1. The fourth-order valence-electron chi connectivity index (χ4n) is 2.30. The first-order valence-electron chi connectivity index (χ1n) is 8.43. The highest BCUT2D eigenvalue weighted by Gasteiger charge is 2.19. The number of aromatic amines is 1. The molecule has 0 saturated heterocycles. The molecule has 0 saturated carbocycles. The summed E-state index contributed by atoms with van der Waals surface area (Å²) in [5.41, 5.74) is 5.62. The molecule has 0 atom stereocenters. The SMILES string of the molecule is Cn1ccc(NC(=O)c2nc(Sc3n[nH]c(N)n3)cnc2Sc2ccc(F)cc2)n1. The average molecular weight is 443 g/mol. The van der Waals surface area contributed by atoms with Gasteiger partial charge in [-0.05, 0) is 36.0 Å². The minimum absolute atomic E-state index is 0.0866. The van der Waals surface area contributed by atoms with E-state index < -0.39 is 5.91 Å². The number of carbonyl (C=O) groups excluding carboxylic acids is 1. The van der Waals surface area contributed by atoms with Gasteiger partial charge in [0.1, 0.15) is 15.9 Å². The maximum atomic E-state index is 13.2. The number of carbonyl (C=O) groups is 1. The van der Waals surface area contributed by atoms with Gasteiger partial charge < -0.3 is 11.1 Å². The number of aromatic nitrogens is 7. The largest absolute Gasteiger partial charge is 0.368 e. The van der Waals surface area contributed by atoms with Crippen molar-refractivity contribution < 1.29 is 9.18 Å². The molecular weight excluding hydrogens is 429 g/mol. The topological polar surface area (TPSA) is 140 Å². The molecule has 30 heavy (non-hydrogen) atoms. The van der Waals surface area contributed by atoms with E-state index in [1.54, 1.807) is 36.1 Å². The minimum atomic E-state index is -0.484. The Hall–Kier alpha value is -3.45. The van der Waals surface area contributed by atoms with Crippen LogP contribution in [0, 0.1) is 5.82 Å². The Kier molecular flexibility index (Phi) is 5.63. The van der Waals surface area contributed by atoms with E-state index in [0.717, 1.165) is 11.8 Å². The number of nitrogens with two attached hydrogens (primary N) is 1. The van der Waals surface area contributed by atoms with Crippen molar-refractivity contribution >= 4 is 41.2 Å². The highest BCUT2D eigenvalue weighted by Crippen LogP contribution is 2.31. The molecule has 3 aromatic heterocycles. The number of hydrogen-bond acceptors (Lipinski definition) is 9. The monoisotopic (exact) mass is 443 g/mol. The first kappa shape index (κ1) is 19.8. The molecule has 0 unspecified atom stereocenters. The molecule has 10 nitrogen and oxygen atoms in total. The van der Waals surface area contributed by atoms with Crippen molar-refractivity contribution in [3.63, 3.8) is 0 Å². The number of nitrogen functional groups attached to an aromatic ring is 1. The average Bonchev–Trinajstić information content (AvgIpc) is 3.32. The lowest BCUT2D eigenvalue weighted by molar-refractivity contribution is 0.101. The number of benzene rings is 1. The van der Waals surface area contributed by atoms with E-state index in [9.17, 15) is 9.18 Å². The summed E-state index contributed by atoms with van der Waals surface area (Å²) in [6, 6.07) is 7.53. The zero-order chi connectivity index (χ0) is 21.1. The Morgan fingerprint density at radius 1 is 1.20 bits per heavy atom. The molecule has 0 bridgehead atoms. The number of halogens is 1. The van der Waals surface area contributed by atoms with Gasteiger partial charge in [0.25, 0.3) is 5.91 Å². The number of aryl methyl sites for hydroxylation is 1. The number of H-pyrrole nitrogens is 1. The van der Waals surface area contributed by atoms with Gasteiger partial charge in [-0.3, -0.25) is 9.48 Å². The van der Waals surface area contributed by atoms with E-state index in [4.69, 9.17) is 5.73 Å². The summed E-state index contributed by atoms with van der Waals surface area (Å²) >= 11 is 2.29. The fourth-order valence-corrected chi connectivity index (χ4v) is 3.80. The second kappa shape index (κ2) is 8.51. The van der Waals surface area contributed by atoms with E-state index >= 15 is 0 Å². The number of rotatable bonds is 6. The normalized spacial score (nSPS) is 10.9. The van der Waals surface area contributed by atoms with Crippen molar-refractivity contribution in [3.8, 4) is 0 Å². The number of anilines is 2. The van der Waals surface area contributed by atoms with Crippen LogP contribution in [0.1, 0.15) is 10.5 Å². The summed E-state index contributed by atoms with van der Waals surface area (Å²) < 4.78 is 14.8. The molecule has 1 aromatic carbocycles. The second-order valence-electron chi connectivity index (χ2n) is 5.85. The quantitative estimate of drug-likeness (QED) is 0.410. The van der Waals surface area contributed by atoms with Gasteiger partial charge in [-0.15, -0.1) is 5.10 Å². The standard InChI is InChI=1S/C17H14FN9OS2/c1-27-7-6-11(26-27)21-14(28)13-15(29-10-4-2-9(18)3-5-10)20-8-12(22-13)30-17-23-16(19)24-25-17/h2-8H,1H3,(H,21,26,28)(H3,19,23,24,25). The summed E-state index contributed by atoms with van der Waals surface area (Å²) in [5, 5.41) is 14.4. The maximum absolute atomic E-state index is 13.2. The zero-order valence-electron chi connectivity index (χ0n) is 15.4. The number of nitrogens with zero attached hydrogens (tertiary/aromatic N) is 6. The molecular formula is C17H14FN9OS2. The van der Waals surface area contributed by atoms with E-state index in [0.29, 0.717) is 25.9 Å². The van der Waals surface area contributed by atoms with Gasteiger partial charge in [0.15, 0.2) is 11.5 Å². The van der Waals surface area contributed by atoms with Crippen LogP contribution in [0.15, 0.2) is 62.8 Å². The Morgan fingerprint density at radius 2 is 2.00 bits per heavy atom. The number of hydrogen-bond donors (Lipinski definition) is 3. The van der Waals surface area contributed by atoms with Gasteiger partial charge in [-0.25, -0.2) is 19.5 Å².